The van der Waals surface area contributed by atoms with E-state index in [2.05, 4.69) is 164 Å². The molecule has 2 aromatic heterocycles. The standard InChI is InChI=1S/C46H28N2S/c1-2-12-32(13-3-1)46-47-40(31-24-21-30(22-25-31)37-18-10-19-39-38-17-8-9-20-42(38)49-45(37)39)28-41(48-46)44-36-16-7-5-14-33(36)27-34-26-23-29-11-4-6-15-35(29)43(34)44/h1-28H. The molecule has 0 atom stereocenters. The van der Waals surface area contributed by atoms with Crippen molar-refractivity contribution in [1.29, 1.82) is 0 Å². The molecule has 2 nitrogen and oxygen atoms in total. The van der Waals surface area contributed by atoms with Gasteiger partial charge in [0, 0.05) is 36.9 Å². The van der Waals surface area contributed by atoms with Crippen LogP contribution in [0.4, 0.5) is 0 Å². The maximum absolute atomic E-state index is 5.32. The molecule has 10 rings (SSSR count). The number of aromatic nitrogens is 2. The SMILES string of the molecule is c1ccc(-c2nc(-c3ccc(-c4cccc5c4sc4ccccc45)cc3)cc(-c3c4ccccc4cc4ccc5ccccc5c34)n2)cc1. The van der Waals surface area contributed by atoms with Gasteiger partial charge < -0.3 is 0 Å². The zero-order chi connectivity index (χ0) is 32.3. The molecule has 0 aliphatic rings. The van der Waals surface area contributed by atoms with Crippen LogP contribution >= 0.6 is 11.3 Å². The van der Waals surface area contributed by atoms with E-state index in [-0.39, 0.29) is 0 Å². The topological polar surface area (TPSA) is 25.8 Å². The molecule has 0 saturated carbocycles. The van der Waals surface area contributed by atoms with E-state index in [1.54, 1.807) is 0 Å². The Bertz CT molecular complexity index is 2870. The molecule has 10 aromatic rings. The lowest BCUT2D eigenvalue weighted by Crippen LogP contribution is -1.97. The zero-order valence-corrected chi connectivity index (χ0v) is 27.3. The molecular weight excluding hydrogens is 613 g/mol. The van der Waals surface area contributed by atoms with E-state index in [1.807, 2.05) is 17.4 Å². The van der Waals surface area contributed by atoms with Gasteiger partial charge >= 0.3 is 0 Å². The third kappa shape index (κ3) is 4.62. The molecule has 2 heterocycles. The highest BCUT2D eigenvalue weighted by atomic mass is 32.1. The number of hydrogen-bond acceptors (Lipinski definition) is 3. The van der Waals surface area contributed by atoms with E-state index in [0.29, 0.717) is 5.82 Å². The van der Waals surface area contributed by atoms with Gasteiger partial charge in [0.1, 0.15) is 0 Å². The molecule has 0 aliphatic carbocycles. The Labute approximate surface area is 287 Å². The molecule has 0 N–H and O–H groups in total. The molecule has 8 aromatic carbocycles. The smallest absolute Gasteiger partial charge is 0.160 e. The van der Waals surface area contributed by atoms with E-state index < -0.39 is 0 Å². The third-order valence-electron chi connectivity index (χ3n) is 9.66. The molecule has 228 valence electrons. The Kier molecular flexibility index (Phi) is 6.39. The van der Waals surface area contributed by atoms with Crippen LogP contribution in [0.1, 0.15) is 0 Å². The van der Waals surface area contributed by atoms with Crippen LogP contribution in [0, 0.1) is 0 Å². The van der Waals surface area contributed by atoms with Crippen molar-refractivity contribution in [3.63, 3.8) is 0 Å². The summed E-state index contributed by atoms with van der Waals surface area (Å²) in [6, 6.07) is 60.8. The fourth-order valence-electron chi connectivity index (χ4n) is 7.34. The second-order valence-electron chi connectivity index (χ2n) is 12.5. The molecule has 0 unspecified atom stereocenters. The van der Waals surface area contributed by atoms with Crippen LogP contribution in [0.3, 0.4) is 0 Å². The van der Waals surface area contributed by atoms with Crippen LogP contribution in [0.25, 0.3) is 97.5 Å². The Morgan fingerprint density at radius 1 is 0.388 bits per heavy atom. The molecule has 0 amide bonds. The van der Waals surface area contributed by atoms with Crippen molar-refractivity contribution < 1.29 is 0 Å². The highest BCUT2D eigenvalue weighted by Crippen LogP contribution is 2.42. The summed E-state index contributed by atoms with van der Waals surface area (Å²) < 4.78 is 2.64. The summed E-state index contributed by atoms with van der Waals surface area (Å²) in [5.74, 6) is 0.716. The fourth-order valence-corrected chi connectivity index (χ4v) is 8.58. The average Bonchev–Trinajstić information content (AvgIpc) is 3.56. The predicted octanol–water partition coefficient (Wildman–Crippen LogP) is 13.0. The largest absolute Gasteiger partial charge is 0.228 e. The normalized spacial score (nSPS) is 11.7. The second kappa shape index (κ2) is 11.2. The van der Waals surface area contributed by atoms with Crippen LogP contribution in [-0.2, 0) is 0 Å². The summed E-state index contributed by atoms with van der Waals surface area (Å²) >= 11 is 1.86. The number of nitrogens with zero attached hydrogens (tertiary/aromatic N) is 2. The first-order valence-electron chi connectivity index (χ1n) is 16.6. The molecule has 0 bridgehead atoms. The summed E-state index contributed by atoms with van der Waals surface area (Å²) in [5.41, 5.74) is 7.46. The van der Waals surface area contributed by atoms with Gasteiger partial charge in [-0.15, -0.1) is 11.3 Å². The van der Waals surface area contributed by atoms with E-state index >= 15 is 0 Å². The van der Waals surface area contributed by atoms with Crippen molar-refractivity contribution >= 4 is 63.8 Å². The average molecular weight is 641 g/mol. The second-order valence-corrected chi connectivity index (χ2v) is 13.6. The Balaban J connectivity index is 1.20. The summed E-state index contributed by atoms with van der Waals surface area (Å²) in [5, 5.41) is 9.86. The molecule has 0 spiro atoms. The lowest BCUT2D eigenvalue weighted by Gasteiger charge is -2.16. The van der Waals surface area contributed by atoms with Crippen LogP contribution in [-0.4, -0.2) is 9.97 Å². The summed E-state index contributed by atoms with van der Waals surface area (Å²) in [4.78, 5) is 10.5. The highest BCUT2D eigenvalue weighted by molar-refractivity contribution is 7.26. The van der Waals surface area contributed by atoms with Crippen LogP contribution in [0.5, 0.6) is 0 Å². The van der Waals surface area contributed by atoms with Gasteiger partial charge in [-0.1, -0.05) is 152 Å². The van der Waals surface area contributed by atoms with E-state index in [0.717, 1.165) is 28.1 Å². The summed E-state index contributed by atoms with van der Waals surface area (Å²) in [6.07, 6.45) is 0. The lowest BCUT2D eigenvalue weighted by molar-refractivity contribution is 1.19. The Morgan fingerprint density at radius 3 is 1.90 bits per heavy atom. The maximum atomic E-state index is 5.32. The van der Waals surface area contributed by atoms with Gasteiger partial charge in [0.15, 0.2) is 5.82 Å². The zero-order valence-electron chi connectivity index (χ0n) is 26.5. The van der Waals surface area contributed by atoms with E-state index in [9.17, 15) is 0 Å². The van der Waals surface area contributed by atoms with Crippen LogP contribution in [0.2, 0.25) is 0 Å². The van der Waals surface area contributed by atoms with E-state index in [1.165, 1.54) is 63.6 Å². The molecule has 0 saturated heterocycles. The minimum absolute atomic E-state index is 0.716. The summed E-state index contributed by atoms with van der Waals surface area (Å²) in [6.45, 7) is 0. The van der Waals surface area contributed by atoms with Gasteiger partial charge in [-0.05, 0) is 61.6 Å². The third-order valence-corrected chi connectivity index (χ3v) is 10.9. The number of fused-ring (bicyclic) bond motifs is 7. The molecule has 49 heavy (non-hydrogen) atoms. The van der Waals surface area contributed by atoms with E-state index in [4.69, 9.17) is 9.97 Å². The van der Waals surface area contributed by atoms with Crippen molar-refractivity contribution in [2.75, 3.05) is 0 Å². The monoisotopic (exact) mass is 640 g/mol. The first kappa shape index (κ1) is 27.9. The number of thiophene rings is 1. The molecule has 0 aliphatic heterocycles. The Hall–Kier alpha value is -6.16. The van der Waals surface area contributed by atoms with Gasteiger partial charge in [0.2, 0.25) is 0 Å². The lowest BCUT2D eigenvalue weighted by atomic mass is 9.90. The van der Waals surface area contributed by atoms with Gasteiger partial charge in [0.25, 0.3) is 0 Å². The number of hydrogen-bond donors (Lipinski definition) is 0. The van der Waals surface area contributed by atoms with Crippen molar-refractivity contribution in [3.05, 3.63) is 170 Å². The Morgan fingerprint density at radius 2 is 1.04 bits per heavy atom. The van der Waals surface area contributed by atoms with Crippen LogP contribution in [0.15, 0.2) is 170 Å². The fraction of sp³-hybridized carbons (Fsp3) is 0. The number of benzene rings is 8. The van der Waals surface area contributed by atoms with Crippen LogP contribution < -0.4 is 0 Å². The van der Waals surface area contributed by atoms with Crippen molar-refractivity contribution in [1.82, 2.24) is 9.97 Å². The quantitative estimate of drug-likeness (QED) is 0.141. The van der Waals surface area contributed by atoms with Gasteiger partial charge in [-0.2, -0.15) is 0 Å². The first-order chi connectivity index (χ1) is 24.3. The number of rotatable bonds is 4. The molecular formula is C46H28N2S. The highest BCUT2D eigenvalue weighted by Gasteiger charge is 2.18. The van der Waals surface area contributed by atoms with Gasteiger partial charge in [-0.25, -0.2) is 9.97 Å². The molecule has 3 heteroatoms. The minimum atomic E-state index is 0.716. The first-order valence-corrected chi connectivity index (χ1v) is 17.4. The predicted molar refractivity (Wildman–Crippen MR) is 209 cm³/mol. The molecule has 0 fully saturated rings. The molecule has 0 radical (unpaired) electrons. The van der Waals surface area contributed by atoms with Crippen molar-refractivity contribution in [2.45, 2.75) is 0 Å². The van der Waals surface area contributed by atoms with Gasteiger partial charge in [0.05, 0.1) is 11.4 Å². The summed E-state index contributed by atoms with van der Waals surface area (Å²) in [7, 11) is 0. The maximum Gasteiger partial charge on any atom is 0.160 e. The van der Waals surface area contributed by atoms with Crippen molar-refractivity contribution in [2.24, 2.45) is 0 Å². The minimum Gasteiger partial charge on any atom is -0.228 e. The van der Waals surface area contributed by atoms with Crippen molar-refractivity contribution in [3.8, 4) is 45.0 Å². The van der Waals surface area contributed by atoms with Gasteiger partial charge in [-0.3, -0.25) is 0 Å².